The molecule has 3 aromatic carbocycles. The van der Waals surface area contributed by atoms with Crippen LogP contribution in [0.1, 0.15) is 5.56 Å². The van der Waals surface area contributed by atoms with Crippen LogP contribution < -0.4 is 20.5 Å². The predicted molar refractivity (Wildman–Crippen MR) is 122 cm³/mol. The molecule has 0 radical (unpaired) electrons. The third-order valence-electron chi connectivity index (χ3n) is 4.90. The number of halogens is 4. The predicted octanol–water partition coefficient (Wildman–Crippen LogP) is 6.97. The standard InChI is InChI=1S/C23H14ClF3N4O4/c24-15-9-12(23(25,26)27)10-16-19(15)31-22(30-16)29-13-4-6-14(7-5-13)33-17-3-1-2-11-8-18(34-20(11)17)35-21(28)32/h1-10H,(H2,28,32)(H2,29,30,31). The number of primary amides is 1. The zero-order valence-electron chi connectivity index (χ0n) is 17.4. The molecule has 178 valence electrons. The fraction of sp³-hybridized carbons (Fsp3) is 0.0435. The molecule has 8 nitrogen and oxygen atoms in total. The van der Waals surface area contributed by atoms with Gasteiger partial charge in [-0.3, -0.25) is 0 Å². The van der Waals surface area contributed by atoms with Crippen LogP contribution >= 0.6 is 11.6 Å². The number of ether oxygens (including phenoxy) is 2. The normalized spacial score (nSPS) is 11.7. The monoisotopic (exact) mass is 502 g/mol. The molecule has 1 amide bonds. The van der Waals surface area contributed by atoms with Gasteiger partial charge in [0.05, 0.1) is 16.1 Å². The molecule has 4 N–H and O–H groups in total. The quantitative estimate of drug-likeness (QED) is 0.239. The van der Waals surface area contributed by atoms with Gasteiger partial charge in [0.25, 0.3) is 5.95 Å². The summed E-state index contributed by atoms with van der Waals surface area (Å²) < 4.78 is 55.2. The molecule has 2 heterocycles. The minimum atomic E-state index is -4.53. The molecule has 0 unspecified atom stereocenters. The van der Waals surface area contributed by atoms with Crippen LogP contribution in [0.3, 0.4) is 0 Å². The molecule has 12 heteroatoms. The van der Waals surface area contributed by atoms with E-state index in [4.69, 9.17) is 31.2 Å². The van der Waals surface area contributed by atoms with Crippen LogP contribution in [0.15, 0.2) is 65.1 Å². The topological polar surface area (TPSA) is 115 Å². The summed E-state index contributed by atoms with van der Waals surface area (Å²) in [7, 11) is 0. The van der Waals surface area contributed by atoms with Gasteiger partial charge in [-0.15, -0.1) is 0 Å². The number of alkyl halides is 3. The highest BCUT2D eigenvalue weighted by molar-refractivity contribution is 6.35. The Kier molecular flexibility index (Phi) is 5.40. The van der Waals surface area contributed by atoms with Gasteiger partial charge in [0.1, 0.15) is 11.3 Å². The molecule has 0 bridgehead atoms. The number of hydrogen-bond donors (Lipinski definition) is 3. The number of amides is 1. The Morgan fingerprint density at radius 1 is 1.11 bits per heavy atom. The van der Waals surface area contributed by atoms with Crippen molar-refractivity contribution in [1.29, 1.82) is 0 Å². The Morgan fingerprint density at radius 3 is 2.60 bits per heavy atom. The first-order valence-electron chi connectivity index (χ1n) is 9.97. The molecule has 2 aromatic heterocycles. The molecule has 5 rings (SSSR count). The van der Waals surface area contributed by atoms with Crippen LogP contribution in [0.4, 0.5) is 29.6 Å². The van der Waals surface area contributed by atoms with Crippen LogP contribution in [0, 0.1) is 0 Å². The highest BCUT2D eigenvalue weighted by Crippen LogP contribution is 2.36. The van der Waals surface area contributed by atoms with Crippen LogP contribution in [-0.2, 0) is 6.18 Å². The van der Waals surface area contributed by atoms with Crippen molar-refractivity contribution in [3.63, 3.8) is 0 Å². The Bertz CT molecular complexity index is 1560. The van der Waals surface area contributed by atoms with E-state index in [0.717, 1.165) is 12.1 Å². The van der Waals surface area contributed by atoms with E-state index in [1.165, 1.54) is 6.07 Å². The van der Waals surface area contributed by atoms with Crippen molar-refractivity contribution >= 4 is 51.3 Å². The molecule has 0 saturated heterocycles. The minimum absolute atomic E-state index is 0.0589. The first-order valence-corrected chi connectivity index (χ1v) is 10.3. The maximum atomic E-state index is 13.0. The number of H-pyrrole nitrogens is 1. The van der Waals surface area contributed by atoms with E-state index >= 15 is 0 Å². The molecule has 0 atom stereocenters. The number of para-hydroxylation sites is 1. The molecule has 0 aliphatic carbocycles. The number of fused-ring (bicyclic) bond motifs is 2. The molecule has 35 heavy (non-hydrogen) atoms. The highest BCUT2D eigenvalue weighted by atomic mass is 35.5. The average molecular weight is 503 g/mol. The van der Waals surface area contributed by atoms with Gasteiger partial charge >= 0.3 is 12.3 Å². The lowest BCUT2D eigenvalue weighted by atomic mass is 10.2. The number of furan rings is 1. The highest BCUT2D eigenvalue weighted by Gasteiger charge is 2.31. The van der Waals surface area contributed by atoms with E-state index in [-0.39, 0.29) is 28.0 Å². The largest absolute Gasteiger partial charge is 0.453 e. The molecule has 0 spiro atoms. The van der Waals surface area contributed by atoms with Crippen LogP contribution in [0.2, 0.25) is 5.02 Å². The summed E-state index contributed by atoms with van der Waals surface area (Å²) in [5.74, 6) is 1.02. The summed E-state index contributed by atoms with van der Waals surface area (Å²) in [6.45, 7) is 0. The number of aromatic nitrogens is 2. The smallest absolute Gasteiger partial charge is 0.416 e. The SMILES string of the molecule is NC(=O)Oc1cc2cccc(Oc3ccc(Nc4nc5c(Cl)cc(C(F)(F)F)cc5[nH]4)cc3)c2o1. The summed E-state index contributed by atoms with van der Waals surface area (Å²) in [6.07, 6.45) is -5.52. The Hall–Kier alpha value is -4.38. The second kappa shape index (κ2) is 8.44. The van der Waals surface area contributed by atoms with Crippen LogP contribution in [0.25, 0.3) is 22.0 Å². The number of nitrogens with one attached hydrogen (secondary N) is 2. The average Bonchev–Trinajstić information content (AvgIpc) is 3.38. The second-order valence-electron chi connectivity index (χ2n) is 7.35. The summed E-state index contributed by atoms with van der Waals surface area (Å²) >= 11 is 5.98. The van der Waals surface area contributed by atoms with Crippen molar-refractivity contribution in [3.8, 4) is 17.4 Å². The van der Waals surface area contributed by atoms with Gasteiger partial charge in [-0.2, -0.15) is 13.2 Å². The van der Waals surface area contributed by atoms with Crippen molar-refractivity contribution in [1.82, 2.24) is 9.97 Å². The number of carbonyl (C=O) groups excluding carboxylic acids is 1. The molecular formula is C23H14ClF3N4O4. The van der Waals surface area contributed by atoms with Crippen molar-refractivity contribution in [2.75, 3.05) is 5.32 Å². The van der Waals surface area contributed by atoms with E-state index in [1.54, 1.807) is 42.5 Å². The Balaban J connectivity index is 1.34. The van der Waals surface area contributed by atoms with Crippen molar-refractivity contribution in [3.05, 3.63) is 71.2 Å². The second-order valence-corrected chi connectivity index (χ2v) is 7.76. The number of benzene rings is 3. The van der Waals surface area contributed by atoms with Gasteiger partial charge in [0.15, 0.2) is 11.3 Å². The van der Waals surface area contributed by atoms with Gasteiger partial charge in [-0.1, -0.05) is 23.7 Å². The number of rotatable bonds is 5. The number of aromatic amines is 1. The molecule has 0 aliphatic rings. The maximum absolute atomic E-state index is 13.0. The summed E-state index contributed by atoms with van der Waals surface area (Å²) in [5.41, 5.74) is 5.47. The van der Waals surface area contributed by atoms with Gasteiger partial charge in [0, 0.05) is 17.1 Å². The van der Waals surface area contributed by atoms with Crippen molar-refractivity contribution in [2.24, 2.45) is 5.73 Å². The Morgan fingerprint density at radius 2 is 1.89 bits per heavy atom. The number of carbonyl (C=O) groups is 1. The van der Waals surface area contributed by atoms with Crippen LogP contribution in [0.5, 0.6) is 17.4 Å². The molecule has 0 fully saturated rings. The zero-order chi connectivity index (χ0) is 24.7. The molecule has 0 saturated carbocycles. The van der Waals surface area contributed by atoms with Crippen molar-refractivity contribution < 1.29 is 31.9 Å². The number of hydrogen-bond acceptors (Lipinski definition) is 6. The van der Waals surface area contributed by atoms with E-state index < -0.39 is 17.8 Å². The molecular weight excluding hydrogens is 489 g/mol. The fourth-order valence-electron chi connectivity index (χ4n) is 3.41. The maximum Gasteiger partial charge on any atom is 0.416 e. The summed E-state index contributed by atoms with van der Waals surface area (Å²) in [6, 6.07) is 15.2. The minimum Gasteiger partial charge on any atom is -0.453 e. The van der Waals surface area contributed by atoms with Gasteiger partial charge in [-0.05, 0) is 42.5 Å². The lowest BCUT2D eigenvalue weighted by Crippen LogP contribution is -2.15. The van der Waals surface area contributed by atoms with Gasteiger partial charge in [0.2, 0.25) is 5.95 Å². The third-order valence-corrected chi connectivity index (χ3v) is 5.19. The first kappa shape index (κ1) is 22.4. The van der Waals surface area contributed by atoms with E-state index in [9.17, 15) is 18.0 Å². The molecule has 0 aliphatic heterocycles. The van der Waals surface area contributed by atoms with E-state index in [0.29, 0.717) is 28.2 Å². The molecule has 5 aromatic rings. The number of nitrogens with zero attached hydrogens (tertiary/aromatic N) is 1. The van der Waals surface area contributed by atoms with Crippen molar-refractivity contribution in [2.45, 2.75) is 6.18 Å². The third kappa shape index (κ3) is 4.66. The zero-order valence-corrected chi connectivity index (χ0v) is 18.2. The van der Waals surface area contributed by atoms with Crippen LogP contribution in [-0.4, -0.2) is 16.1 Å². The van der Waals surface area contributed by atoms with E-state index in [1.807, 2.05) is 0 Å². The van der Waals surface area contributed by atoms with E-state index in [2.05, 4.69) is 15.3 Å². The summed E-state index contributed by atoms with van der Waals surface area (Å²) in [4.78, 5) is 18.0. The van der Waals surface area contributed by atoms with Gasteiger partial charge < -0.3 is 29.9 Å². The summed E-state index contributed by atoms with van der Waals surface area (Å²) in [5, 5.41) is 3.52. The first-order chi connectivity index (χ1) is 16.7. The number of imidazole rings is 1. The number of nitrogens with two attached hydrogens (primary N) is 1. The fourth-order valence-corrected chi connectivity index (χ4v) is 3.67. The van der Waals surface area contributed by atoms with Gasteiger partial charge in [-0.25, -0.2) is 9.78 Å². The lowest BCUT2D eigenvalue weighted by molar-refractivity contribution is -0.137. The Labute approximate surface area is 199 Å². The lowest BCUT2D eigenvalue weighted by Gasteiger charge is -2.08. The number of anilines is 2.